The molecule has 0 saturated heterocycles. The van der Waals surface area contributed by atoms with E-state index in [-0.39, 0.29) is 12.6 Å². The molecule has 0 aromatic rings. The number of ether oxygens (including phenoxy) is 1. The topological polar surface area (TPSA) is 58.6 Å². The minimum absolute atomic E-state index is 0.0666. The fourth-order valence-corrected chi connectivity index (χ4v) is 3.83. The number of hydrogen-bond donors (Lipinski definition) is 2. The van der Waals surface area contributed by atoms with Crippen molar-refractivity contribution in [1.29, 1.82) is 0 Å². The Morgan fingerprint density at radius 2 is 2.25 bits per heavy atom. The quantitative estimate of drug-likeness (QED) is 0.479. The molecule has 0 radical (unpaired) electrons. The van der Waals surface area contributed by atoms with Crippen LogP contribution in [0, 0.1) is 5.92 Å². The molecule has 0 bridgehead atoms. The van der Waals surface area contributed by atoms with Crippen LogP contribution in [0.15, 0.2) is 0 Å². The molecule has 0 heterocycles. The summed E-state index contributed by atoms with van der Waals surface area (Å²) in [5.74, 6) is 2.07. The van der Waals surface area contributed by atoms with Crippen molar-refractivity contribution in [3.05, 3.63) is 0 Å². The lowest BCUT2D eigenvalue weighted by Gasteiger charge is -2.34. The van der Waals surface area contributed by atoms with Crippen molar-refractivity contribution < 1.29 is 14.6 Å². The van der Waals surface area contributed by atoms with E-state index in [0.29, 0.717) is 12.5 Å². The maximum absolute atomic E-state index is 12.4. The highest BCUT2D eigenvalue weighted by Crippen LogP contribution is 2.39. The summed E-state index contributed by atoms with van der Waals surface area (Å²) in [5, 5.41) is 12.3. The molecule has 0 spiro atoms. The third-order valence-corrected chi connectivity index (χ3v) is 4.99. The van der Waals surface area contributed by atoms with Gasteiger partial charge >= 0.3 is 5.97 Å². The maximum Gasteiger partial charge on any atom is 0.326 e. The smallest absolute Gasteiger partial charge is 0.326 e. The molecular formula is C15H29NO3S. The Balaban J connectivity index is 2.65. The van der Waals surface area contributed by atoms with Gasteiger partial charge in [0.25, 0.3) is 0 Å². The molecule has 118 valence electrons. The summed E-state index contributed by atoms with van der Waals surface area (Å²) in [6, 6.07) is 0. The molecule has 1 rings (SSSR count). The third-order valence-electron chi connectivity index (χ3n) is 4.00. The fraction of sp³-hybridized carbons (Fsp3) is 0.933. The molecule has 0 aromatic heterocycles. The van der Waals surface area contributed by atoms with Crippen molar-refractivity contribution in [3.8, 4) is 0 Å². The highest BCUT2D eigenvalue weighted by molar-refractivity contribution is 7.99. The number of hydrogen-bond acceptors (Lipinski definition) is 5. The largest absolute Gasteiger partial charge is 0.465 e. The van der Waals surface area contributed by atoms with E-state index < -0.39 is 5.54 Å². The van der Waals surface area contributed by atoms with Gasteiger partial charge in [0.2, 0.25) is 0 Å². The van der Waals surface area contributed by atoms with Crippen LogP contribution in [-0.4, -0.2) is 47.9 Å². The van der Waals surface area contributed by atoms with Gasteiger partial charge in [0.15, 0.2) is 0 Å². The SMILES string of the molecule is CCCNC1(C(=O)OCC)CCCC1CCSCCO. The van der Waals surface area contributed by atoms with E-state index in [4.69, 9.17) is 9.84 Å². The highest BCUT2D eigenvalue weighted by Gasteiger charge is 2.49. The molecule has 2 atom stereocenters. The zero-order valence-electron chi connectivity index (χ0n) is 12.8. The number of esters is 1. The average molecular weight is 303 g/mol. The van der Waals surface area contributed by atoms with Gasteiger partial charge in [0.1, 0.15) is 5.54 Å². The second-order valence-electron chi connectivity index (χ2n) is 5.33. The summed E-state index contributed by atoms with van der Waals surface area (Å²) in [4.78, 5) is 12.4. The highest BCUT2D eigenvalue weighted by atomic mass is 32.2. The Labute approximate surface area is 127 Å². The molecule has 0 amide bonds. The van der Waals surface area contributed by atoms with Gasteiger partial charge in [-0.25, -0.2) is 0 Å². The van der Waals surface area contributed by atoms with Crippen LogP contribution in [0.4, 0.5) is 0 Å². The lowest BCUT2D eigenvalue weighted by Crippen LogP contribution is -2.56. The second kappa shape index (κ2) is 9.64. The summed E-state index contributed by atoms with van der Waals surface area (Å²) in [5.41, 5.74) is -0.466. The zero-order valence-corrected chi connectivity index (χ0v) is 13.6. The van der Waals surface area contributed by atoms with Gasteiger partial charge < -0.3 is 15.2 Å². The van der Waals surface area contributed by atoms with E-state index in [1.807, 2.05) is 6.92 Å². The van der Waals surface area contributed by atoms with Crippen LogP contribution in [0.25, 0.3) is 0 Å². The number of thioether (sulfide) groups is 1. The Kier molecular flexibility index (Phi) is 8.57. The third kappa shape index (κ3) is 4.64. The lowest BCUT2D eigenvalue weighted by atomic mass is 9.84. The molecule has 1 aliphatic rings. The van der Waals surface area contributed by atoms with E-state index >= 15 is 0 Å². The van der Waals surface area contributed by atoms with E-state index in [0.717, 1.165) is 50.2 Å². The number of rotatable bonds is 10. The second-order valence-corrected chi connectivity index (χ2v) is 6.56. The zero-order chi connectivity index (χ0) is 14.8. The molecule has 0 aromatic carbocycles. The van der Waals surface area contributed by atoms with E-state index in [1.54, 1.807) is 11.8 Å². The van der Waals surface area contributed by atoms with Crippen molar-refractivity contribution in [2.24, 2.45) is 5.92 Å². The maximum atomic E-state index is 12.4. The Bertz CT molecular complexity index is 288. The predicted octanol–water partition coefficient (Wildman–Crippen LogP) is 2.20. The molecule has 1 fully saturated rings. The van der Waals surface area contributed by atoms with E-state index in [1.165, 1.54) is 0 Å². The number of aliphatic hydroxyl groups is 1. The first-order valence-electron chi connectivity index (χ1n) is 7.82. The molecule has 2 N–H and O–H groups in total. The molecule has 0 aliphatic heterocycles. The lowest BCUT2D eigenvalue weighted by molar-refractivity contribution is -0.153. The molecule has 1 aliphatic carbocycles. The monoisotopic (exact) mass is 303 g/mol. The number of nitrogens with one attached hydrogen (secondary N) is 1. The standard InChI is InChI=1S/C15H29NO3S/c1-3-9-16-15(14(18)19-4-2)8-5-6-13(15)7-11-20-12-10-17/h13,16-17H,3-12H2,1-2H3. The summed E-state index contributed by atoms with van der Waals surface area (Å²) in [7, 11) is 0. The van der Waals surface area contributed by atoms with Crippen LogP contribution >= 0.6 is 11.8 Å². The van der Waals surface area contributed by atoms with Gasteiger partial charge in [-0.05, 0) is 50.8 Å². The molecular weight excluding hydrogens is 274 g/mol. The van der Waals surface area contributed by atoms with Crippen LogP contribution in [-0.2, 0) is 9.53 Å². The summed E-state index contributed by atoms with van der Waals surface area (Å²) in [6.07, 6.45) is 5.11. The van der Waals surface area contributed by atoms with E-state index in [9.17, 15) is 4.79 Å². The van der Waals surface area contributed by atoms with Crippen molar-refractivity contribution in [1.82, 2.24) is 5.32 Å². The molecule has 20 heavy (non-hydrogen) atoms. The summed E-state index contributed by atoms with van der Waals surface area (Å²) >= 11 is 1.76. The Hall–Kier alpha value is -0.260. The molecule has 1 saturated carbocycles. The van der Waals surface area contributed by atoms with E-state index in [2.05, 4.69) is 12.2 Å². The van der Waals surface area contributed by atoms with Gasteiger partial charge in [-0.15, -0.1) is 0 Å². The number of carbonyl (C=O) groups is 1. The van der Waals surface area contributed by atoms with Crippen LogP contribution in [0.1, 0.15) is 46.0 Å². The van der Waals surface area contributed by atoms with Gasteiger partial charge in [0, 0.05) is 5.75 Å². The number of carbonyl (C=O) groups excluding carboxylic acids is 1. The number of aliphatic hydroxyl groups excluding tert-OH is 1. The van der Waals surface area contributed by atoms with Gasteiger partial charge in [0.05, 0.1) is 13.2 Å². The van der Waals surface area contributed by atoms with Gasteiger partial charge in [-0.3, -0.25) is 4.79 Å². The van der Waals surface area contributed by atoms with Crippen LogP contribution in [0.5, 0.6) is 0 Å². The van der Waals surface area contributed by atoms with Crippen molar-refractivity contribution in [3.63, 3.8) is 0 Å². The first kappa shape index (κ1) is 17.8. The van der Waals surface area contributed by atoms with Gasteiger partial charge in [-0.2, -0.15) is 11.8 Å². The summed E-state index contributed by atoms with van der Waals surface area (Å²) < 4.78 is 5.34. The summed E-state index contributed by atoms with van der Waals surface area (Å²) in [6.45, 7) is 5.52. The van der Waals surface area contributed by atoms with Crippen LogP contribution in [0.3, 0.4) is 0 Å². The normalized spacial score (nSPS) is 25.9. The molecule has 4 nitrogen and oxygen atoms in total. The van der Waals surface area contributed by atoms with Gasteiger partial charge in [-0.1, -0.05) is 13.3 Å². The minimum Gasteiger partial charge on any atom is -0.465 e. The predicted molar refractivity (Wildman–Crippen MR) is 84.0 cm³/mol. The minimum atomic E-state index is -0.466. The fourth-order valence-electron chi connectivity index (χ4n) is 3.04. The van der Waals surface area contributed by atoms with Crippen molar-refractivity contribution >= 4 is 17.7 Å². The average Bonchev–Trinajstić information content (AvgIpc) is 2.86. The first-order chi connectivity index (χ1) is 9.71. The Morgan fingerprint density at radius 1 is 1.45 bits per heavy atom. The van der Waals surface area contributed by atoms with Crippen molar-refractivity contribution in [2.45, 2.75) is 51.5 Å². The van der Waals surface area contributed by atoms with Crippen molar-refractivity contribution in [2.75, 3.05) is 31.3 Å². The Morgan fingerprint density at radius 3 is 2.90 bits per heavy atom. The van der Waals surface area contributed by atoms with Crippen LogP contribution in [0.2, 0.25) is 0 Å². The molecule has 5 heteroatoms. The first-order valence-corrected chi connectivity index (χ1v) is 8.97. The molecule has 2 unspecified atom stereocenters. The van der Waals surface area contributed by atoms with Crippen LogP contribution < -0.4 is 5.32 Å².